The van der Waals surface area contributed by atoms with Crippen molar-refractivity contribution in [3.05, 3.63) is 59.1 Å². The molecule has 2 nitrogen and oxygen atoms in total. The van der Waals surface area contributed by atoms with Crippen molar-refractivity contribution >= 4 is 66.2 Å². The summed E-state index contributed by atoms with van der Waals surface area (Å²) >= 11 is 0. The fraction of sp³-hybridized carbons (Fsp3) is 0. The molecule has 2 heterocycles. The molecule has 2 aromatic heterocycles. The fourth-order valence-electron chi connectivity index (χ4n) is 0.841. The third-order valence-corrected chi connectivity index (χ3v) is 3.57. The Bertz CT molecular complexity index is 319. The molecule has 72 valence electrons. The second-order valence-electron chi connectivity index (χ2n) is 2.63. The summed E-state index contributed by atoms with van der Waals surface area (Å²) in [5.74, 6) is 0. The average molecular weight is 356 g/mol. The van der Waals surface area contributed by atoms with E-state index >= 15 is 0 Å². The van der Waals surface area contributed by atoms with E-state index in [1.54, 1.807) is 47.0 Å². The van der Waals surface area contributed by atoms with E-state index in [-0.39, 0.29) is 48.9 Å². The van der Waals surface area contributed by atoms with Crippen LogP contribution < -0.4 is 9.59 Å². The first-order chi connectivity index (χ1) is 6.79. The zero-order valence-corrected chi connectivity index (χ0v) is 14.7. The Morgan fingerprint density at radius 1 is 0.533 bits per heavy atom. The van der Waals surface area contributed by atoms with E-state index in [0.717, 1.165) is 0 Å². The fourth-order valence-corrected chi connectivity index (χ4v) is 2.27. The predicted octanol–water partition coefficient (Wildman–Crippen LogP) is -0.709. The van der Waals surface area contributed by atoms with Gasteiger partial charge in [0.15, 0.2) is 0 Å². The molecule has 0 bridgehead atoms. The molecule has 0 aliphatic rings. The minimum Gasteiger partial charge on any atom is -0.886 e. The first-order valence-electron chi connectivity index (χ1n) is 4.23. The molecule has 0 atom stereocenters. The Morgan fingerprint density at radius 2 is 0.800 bits per heavy atom. The minimum atomic E-state index is -1.44. The standard InChI is InChI=1S/2C5H5OSi.Ba/c2*6-7-4-2-1-3-5-7;/h2*1-5H;/q2*-1;+2. The van der Waals surface area contributed by atoms with Crippen LogP contribution in [0.15, 0.2) is 59.1 Å². The number of hydrogen-bond acceptors (Lipinski definition) is 2. The SMILES string of the molecule is [Ba+2].[O-][si]1ccccc1.[O-][si]1ccccc1. The van der Waals surface area contributed by atoms with Crippen molar-refractivity contribution in [3.8, 4) is 0 Å². The number of rotatable bonds is 0. The monoisotopic (exact) mass is 356 g/mol. The summed E-state index contributed by atoms with van der Waals surface area (Å²) in [4.78, 5) is 20.9. The third kappa shape index (κ3) is 8.15. The van der Waals surface area contributed by atoms with Gasteiger partial charge in [-0.3, -0.25) is 0 Å². The van der Waals surface area contributed by atoms with Gasteiger partial charge in [-0.1, -0.05) is 59.1 Å². The Labute approximate surface area is 133 Å². The quantitative estimate of drug-likeness (QED) is 0.586. The van der Waals surface area contributed by atoms with Gasteiger partial charge >= 0.3 is 48.9 Å². The Balaban J connectivity index is 0.000000245. The van der Waals surface area contributed by atoms with Crippen LogP contribution in [0.25, 0.3) is 0 Å². The van der Waals surface area contributed by atoms with Crippen LogP contribution in [0.2, 0.25) is 0 Å². The van der Waals surface area contributed by atoms with Crippen LogP contribution in [0.3, 0.4) is 0 Å². The first-order valence-corrected chi connectivity index (χ1v) is 7.36. The maximum Gasteiger partial charge on any atom is 2.00 e. The van der Waals surface area contributed by atoms with Crippen LogP contribution >= 0.6 is 0 Å². The molecule has 5 heteroatoms. The van der Waals surface area contributed by atoms with Crippen molar-refractivity contribution in [3.63, 3.8) is 0 Å². The molecule has 0 spiro atoms. The number of hydrogen-bond donors (Lipinski definition) is 0. The van der Waals surface area contributed by atoms with Gasteiger partial charge in [0.25, 0.3) is 0 Å². The summed E-state index contributed by atoms with van der Waals surface area (Å²) < 4.78 is 0. The second kappa shape index (κ2) is 9.53. The molecule has 0 unspecified atom stereocenters. The van der Waals surface area contributed by atoms with Gasteiger partial charge in [0.05, 0.1) is 0 Å². The van der Waals surface area contributed by atoms with Crippen LogP contribution in [0.4, 0.5) is 0 Å². The molecule has 0 aromatic carbocycles. The minimum absolute atomic E-state index is 0. The molecule has 15 heavy (non-hydrogen) atoms. The molecular weight excluding hydrogens is 346 g/mol. The van der Waals surface area contributed by atoms with Gasteiger partial charge in [-0.2, -0.15) is 0 Å². The van der Waals surface area contributed by atoms with E-state index in [4.69, 9.17) is 0 Å². The topological polar surface area (TPSA) is 46.1 Å². The zero-order chi connectivity index (χ0) is 10.2. The predicted molar refractivity (Wildman–Crippen MR) is 61.3 cm³/mol. The normalized spacial score (nSPS) is 8.00. The van der Waals surface area contributed by atoms with E-state index in [0.29, 0.717) is 0 Å². The molecule has 0 amide bonds. The van der Waals surface area contributed by atoms with Gasteiger partial charge in [-0.25, -0.2) is 0 Å². The molecule has 0 radical (unpaired) electrons. The largest absolute Gasteiger partial charge is 2.00 e. The van der Waals surface area contributed by atoms with Gasteiger partial charge in [-0.15, -0.1) is 0 Å². The molecule has 0 aliphatic heterocycles. The van der Waals surface area contributed by atoms with E-state index in [9.17, 15) is 9.59 Å². The van der Waals surface area contributed by atoms with Crippen LogP contribution in [-0.2, 0) is 0 Å². The van der Waals surface area contributed by atoms with E-state index < -0.39 is 17.3 Å². The maximum atomic E-state index is 10.5. The summed E-state index contributed by atoms with van der Waals surface area (Å²) in [6.45, 7) is 0. The average Bonchev–Trinajstić information content (AvgIpc) is 2.21. The summed E-state index contributed by atoms with van der Waals surface area (Å²) in [6, 6.07) is 11.0. The molecule has 0 saturated heterocycles. The molecule has 0 aliphatic carbocycles. The second-order valence-corrected chi connectivity index (χ2v) is 5.57. The van der Waals surface area contributed by atoms with Crippen molar-refractivity contribution in [1.29, 1.82) is 0 Å². The summed E-state index contributed by atoms with van der Waals surface area (Å²) in [7, 11) is -2.87. The Hall–Kier alpha value is 0.305. The van der Waals surface area contributed by atoms with Gasteiger partial charge < -0.3 is 9.59 Å². The van der Waals surface area contributed by atoms with Gasteiger partial charge in [0.1, 0.15) is 0 Å². The van der Waals surface area contributed by atoms with E-state index in [1.807, 2.05) is 12.1 Å². The molecule has 2 rings (SSSR count). The van der Waals surface area contributed by atoms with E-state index in [2.05, 4.69) is 0 Å². The van der Waals surface area contributed by atoms with Crippen LogP contribution in [0.5, 0.6) is 0 Å². The molecule has 0 N–H and O–H groups in total. The zero-order valence-electron chi connectivity index (χ0n) is 8.30. The van der Waals surface area contributed by atoms with E-state index in [1.165, 1.54) is 0 Å². The Morgan fingerprint density at radius 3 is 0.933 bits per heavy atom. The summed E-state index contributed by atoms with van der Waals surface area (Å²) in [6.07, 6.45) is 0. The van der Waals surface area contributed by atoms with Crippen molar-refractivity contribution in [2.45, 2.75) is 0 Å². The van der Waals surface area contributed by atoms with Crippen LogP contribution in [0, 0.1) is 0 Å². The van der Waals surface area contributed by atoms with Crippen molar-refractivity contribution < 1.29 is 9.59 Å². The van der Waals surface area contributed by atoms with Crippen molar-refractivity contribution in [2.75, 3.05) is 0 Å². The Kier molecular flexibility index (Phi) is 9.72. The molecular formula is C10H10BaO2Si2. The van der Waals surface area contributed by atoms with Crippen LogP contribution in [0.1, 0.15) is 0 Å². The van der Waals surface area contributed by atoms with Gasteiger partial charge in [0, 0.05) is 0 Å². The van der Waals surface area contributed by atoms with Gasteiger partial charge in [0.2, 0.25) is 0 Å². The van der Waals surface area contributed by atoms with Gasteiger partial charge in [-0.05, 0) is 17.3 Å². The van der Waals surface area contributed by atoms with Crippen molar-refractivity contribution in [1.82, 2.24) is 0 Å². The summed E-state index contributed by atoms with van der Waals surface area (Å²) in [5, 5.41) is 0. The maximum absolute atomic E-state index is 10.5. The summed E-state index contributed by atoms with van der Waals surface area (Å²) in [5.41, 5.74) is 6.85. The molecule has 0 fully saturated rings. The molecule has 2 aromatic rings. The smallest absolute Gasteiger partial charge is 0.886 e. The molecule has 0 saturated carbocycles. The van der Waals surface area contributed by atoms with Crippen molar-refractivity contribution in [2.24, 2.45) is 0 Å². The third-order valence-electron chi connectivity index (χ3n) is 1.49. The first kappa shape index (κ1) is 15.3. The van der Waals surface area contributed by atoms with Crippen LogP contribution in [-0.4, -0.2) is 66.2 Å².